The number of hydrogen-bond acceptors (Lipinski definition) is 3. The van der Waals surface area contributed by atoms with Crippen LogP contribution in [0, 0.1) is 0 Å². The van der Waals surface area contributed by atoms with Crippen LogP contribution in [0.1, 0.15) is 84.0 Å². The molecule has 0 spiro atoms. The van der Waals surface area contributed by atoms with Crippen LogP contribution in [0.25, 0.3) is 0 Å². The van der Waals surface area contributed by atoms with E-state index in [-0.39, 0.29) is 0 Å². The van der Waals surface area contributed by atoms with Gasteiger partial charge < -0.3 is 4.74 Å². The second-order valence-corrected chi connectivity index (χ2v) is 5.58. The smallest absolute Gasteiger partial charge is 0.378 e. The molecule has 0 unspecified atom stereocenters. The van der Waals surface area contributed by atoms with Crippen molar-refractivity contribution in [1.82, 2.24) is 0 Å². The van der Waals surface area contributed by atoms with Gasteiger partial charge in [-0.2, -0.15) is 0 Å². The maximum atomic E-state index is 11.1. The number of carbonyl (C=O) groups excluding carboxylic acids is 2. The lowest BCUT2D eigenvalue weighted by Crippen LogP contribution is -2.12. The Bertz CT molecular complexity index is 295. The summed E-state index contributed by atoms with van der Waals surface area (Å²) in [5, 5.41) is 0. The molecule has 0 aliphatic rings. The maximum absolute atomic E-state index is 11.1. The van der Waals surface area contributed by atoms with Crippen LogP contribution in [0.2, 0.25) is 0 Å². The summed E-state index contributed by atoms with van der Waals surface area (Å²) >= 11 is 0. The summed E-state index contributed by atoms with van der Waals surface area (Å²) in [5.41, 5.74) is 0. The zero-order valence-electron chi connectivity index (χ0n) is 13.9. The van der Waals surface area contributed by atoms with Crippen molar-refractivity contribution >= 4 is 11.8 Å². The first-order chi connectivity index (χ1) is 10.2. The summed E-state index contributed by atoms with van der Waals surface area (Å²) in [7, 11) is 1.22. The molecular weight excluding hydrogens is 264 g/mol. The normalized spacial score (nSPS) is 11.0. The highest BCUT2D eigenvalue weighted by molar-refractivity contribution is 6.38. The fourth-order valence-corrected chi connectivity index (χ4v) is 2.29. The molecule has 0 aromatic heterocycles. The minimum absolute atomic E-state index is 0.569. The predicted octanol–water partition coefficient (Wildman–Crippen LogP) is 4.99. The van der Waals surface area contributed by atoms with Gasteiger partial charge in [-0.25, -0.2) is 4.79 Å². The van der Waals surface area contributed by atoms with Gasteiger partial charge in [0.2, 0.25) is 0 Å². The predicted molar refractivity (Wildman–Crippen MR) is 87.2 cm³/mol. The topological polar surface area (TPSA) is 43.4 Å². The molecule has 0 aromatic rings. The van der Waals surface area contributed by atoms with Gasteiger partial charge in [0.1, 0.15) is 0 Å². The molecule has 0 fully saturated rings. The number of methoxy groups -OCH3 is 1. The molecule has 0 radical (unpaired) electrons. The molecule has 0 saturated heterocycles. The van der Waals surface area contributed by atoms with Gasteiger partial charge in [0, 0.05) is 0 Å². The SMILES string of the molecule is CCCCCCCCCCCCC/C=C/C(=O)C(=O)OC. The van der Waals surface area contributed by atoms with Crippen molar-refractivity contribution in [3.8, 4) is 0 Å². The van der Waals surface area contributed by atoms with E-state index in [4.69, 9.17) is 0 Å². The second-order valence-electron chi connectivity index (χ2n) is 5.58. The largest absolute Gasteiger partial charge is 0.463 e. The third-order valence-electron chi connectivity index (χ3n) is 3.63. The van der Waals surface area contributed by atoms with Crippen molar-refractivity contribution in [2.45, 2.75) is 84.0 Å². The Morgan fingerprint density at radius 2 is 1.29 bits per heavy atom. The van der Waals surface area contributed by atoms with Crippen molar-refractivity contribution in [3.63, 3.8) is 0 Å². The van der Waals surface area contributed by atoms with Crippen molar-refractivity contribution < 1.29 is 14.3 Å². The first-order valence-corrected chi connectivity index (χ1v) is 8.51. The Morgan fingerprint density at radius 1 is 0.810 bits per heavy atom. The van der Waals surface area contributed by atoms with Crippen LogP contribution in [-0.2, 0) is 14.3 Å². The van der Waals surface area contributed by atoms with Crippen molar-refractivity contribution in [1.29, 1.82) is 0 Å². The van der Waals surface area contributed by atoms with Crippen LogP contribution >= 0.6 is 0 Å². The molecule has 0 amide bonds. The van der Waals surface area contributed by atoms with Gasteiger partial charge in [-0.1, -0.05) is 77.2 Å². The van der Waals surface area contributed by atoms with Crippen LogP contribution in [-0.4, -0.2) is 18.9 Å². The number of esters is 1. The molecule has 0 aromatic carbocycles. The highest BCUT2D eigenvalue weighted by atomic mass is 16.5. The summed E-state index contributed by atoms with van der Waals surface area (Å²) < 4.78 is 4.34. The molecule has 122 valence electrons. The fraction of sp³-hybridized carbons (Fsp3) is 0.778. The number of allylic oxidation sites excluding steroid dienone is 1. The highest BCUT2D eigenvalue weighted by Crippen LogP contribution is 2.11. The standard InChI is InChI=1S/C18H32O3/c1-3-4-5-6-7-8-9-10-11-12-13-14-15-16-17(19)18(20)21-2/h15-16H,3-14H2,1-2H3/b16-15+. The third kappa shape index (κ3) is 13.6. The van der Waals surface area contributed by atoms with Crippen molar-refractivity contribution in [2.75, 3.05) is 7.11 Å². The molecule has 0 atom stereocenters. The Kier molecular flexibility index (Phi) is 14.5. The van der Waals surface area contributed by atoms with Crippen LogP contribution in [0.4, 0.5) is 0 Å². The molecule has 0 heterocycles. The van der Waals surface area contributed by atoms with E-state index in [0.29, 0.717) is 0 Å². The molecule has 0 rings (SSSR count). The molecule has 0 aliphatic carbocycles. The zero-order chi connectivity index (χ0) is 15.8. The highest BCUT2D eigenvalue weighted by Gasteiger charge is 2.08. The van der Waals surface area contributed by atoms with Gasteiger partial charge in [-0.3, -0.25) is 4.79 Å². The lowest BCUT2D eigenvalue weighted by molar-refractivity contribution is -0.149. The van der Waals surface area contributed by atoms with Crippen molar-refractivity contribution in [2.24, 2.45) is 0 Å². The molecule has 0 aliphatic heterocycles. The van der Waals surface area contributed by atoms with E-state index < -0.39 is 11.8 Å². The molecule has 3 nitrogen and oxygen atoms in total. The summed E-state index contributed by atoms with van der Waals surface area (Å²) in [6.45, 7) is 2.25. The molecule has 0 N–H and O–H groups in total. The van der Waals surface area contributed by atoms with Crippen LogP contribution < -0.4 is 0 Å². The van der Waals surface area contributed by atoms with E-state index in [0.717, 1.165) is 12.8 Å². The van der Waals surface area contributed by atoms with E-state index >= 15 is 0 Å². The minimum atomic E-state index is -0.787. The van der Waals surface area contributed by atoms with Gasteiger partial charge in [-0.05, 0) is 18.9 Å². The summed E-state index contributed by atoms with van der Waals surface area (Å²) in [4.78, 5) is 22.0. The monoisotopic (exact) mass is 296 g/mol. The van der Waals surface area contributed by atoms with E-state index in [1.54, 1.807) is 6.08 Å². The van der Waals surface area contributed by atoms with Crippen LogP contribution in [0.15, 0.2) is 12.2 Å². The van der Waals surface area contributed by atoms with Gasteiger partial charge in [0.05, 0.1) is 7.11 Å². The fourth-order valence-electron chi connectivity index (χ4n) is 2.29. The van der Waals surface area contributed by atoms with E-state index in [2.05, 4.69) is 11.7 Å². The van der Waals surface area contributed by atoms with E-state index in [9.17, 15) is 9.59 Å². The summed E-state index contributed by atoms with van der Waals surface area (Å²) in [6.07, 6.45) is 18.4. The Labute approximate surface area is 130 Å². The minimum Gasteiger partial charge on any atom is -0.463 e. The third-order valence-corrected chi connectivity index (χ3v) is 3.63. The lowest BCUT2D eigenvalue weighted by atomic mass is 10.1. The number of ether oxygens (including phenoxy) is 1. The lowest BCUT2D eigenvalue weighted by Gasteiger charge is -2.01. The summed E-state index contributed by atoms with van der Waals surface area (Å²) in [6, 6.07) is 0. The number of carbonyl (C=O) groups is 2. The van der Waals surface area contributed by atoms with Gasteiger partial charge in [0.15, 0.2) is 0 Å². The number of hydrogen-bond donors (Lipinski definition) is 0. The molecule has 0 bridgehead atoms. The number of rotatable bonds is 14. The molecule has 3 heteroatoms. The first kappa shape index (κ1) is 19.9. The van der Waals surface area contributed by atoms with Crippen LogP contribution in [0.3, 0.4) is 0 Å². The number of unbranched alkanes of at least 4 members (excludes halogenated alkanes) is 11. The van der Waals surface area contributed by atoms with Gasteiger partial charge in [-0.15, -0.1) is 0 Å². The average Bonchev–Trinajstić information content (AvgIpc) is 2.50. The maximum Gasteiger partial charge on any atom is 0.378 e. The Hall–Kier alpha value is -1.12. The van der Waals surface area contributed by atoms with Crippen LogP contribution in [0.5, 0.6) is 0 Å². The molecule has 0 saturated carbocycles. The Morgan fingerprint density at radius 3 is 1.76 bits per heavy atom. The number of ketones is 1. The zero-order valence-corrected chi connectivity index (χ0v) is 13.9. The molecule has 21 heavy (non-hydrogen) atoms. The quantitative estimate of drug-likeness (QED) is 0.196. The van der Waals surface area contributed by atoms with Gasteiger partial charge >= 0.3 is 5.97 Å². The van der Waals surface area contributed by atoms with E-state index in [1.807, 2.05) is 0 Å². The summed E-state index contributed by atoms with van der Waals surface area (Å²) in [5.74, 6) is -1.36. The first-order valence-electron chi connectivity index (χ1n) is 8.51. The second kappa shape index (κ2) is 15.3. The van der Waals surface area contributed by atoms with E-state index in [1.165, 1.54) is 77.4 Å². The molecular formula is C18H32O3. The van der Waals surface area contributed by atoms with Gasteiger partial charge in [0.25, 0.3) is 5.78 Å². The average molecular weight is 296 g/mol. The Balaban J connectivity index is 3.24. The van der Waals surface area contributed by atoms with Crippen molar-refractivity contribution in [3.05, 3.63) is 12.2 Å².